The molecule has 1 unspecified atom stereocenters. The fraction of sp³-hybridized carbons (Fsp3) is 0.400. The van der Waals surface area contributed by atoms with Gasteiger partial charge in [0.15, 0.2) is 4.80 Å². The van der Waals surface area contributed by atoms with Gasteiger partial charge in [-0.05, 0) is 36.6 Å². The molecule has 1 aliphatic rings. The molecule has 3 rings (SSSR count). The van der Waals surface area contributed by atoms with Crippen LogP contribution in [0.15, 0.2) is 28.6 Å². The third-order valence-corrected chi connectivity index (χ3v) is 6.28. The number of hydrogen-bond donors (Lipinski definition) is 0. The zero-order valence-corrected chi connectivity index (χ0v) is 14.7. The molecule has 0 aliphatic carbocycles. The third kappa shape index (κ3) is 2.38. The lowest BCUT2D eigenvalue weighted by Gasteiger charge is -2.22. The molecule has 5 nitrogen and oxygen atoms in total. The molecule has 0 N–H and O–H groups in total. The second kappa shape index (κ2) is 5.24. The highest BCUT2D eigenvalue weighted by Crippen LogP contribution is 2.36. The van der Waals surface area contributed by atoms with E-state index >= 15 is 0 Å². The maximum absolute atomic E-state index is 12.0. The number of aromatic nitrogens is 1. The van der Waals surface area contributed by atoms with Crippen LogP contribution in [-0.2, 0) is 23.5 Å². The van der Waals surface area contributed by atoms with E-state index in [1.165, 1.54) is 10.6 Å². The SMILES string of the molecule is CN=c1scc(-c2ccc3c(c2)CC(C)N3S(C)(=O)=O)n1C. The van der Waals surface area contributed by atoms with Crippen LogP contribution in [-0.4, -0.2) is 32.3 Å². The second-order valence-corrected chi connectivity index (χ2v) is 8.34. The Labute approximate surface area is 134 Å². The van der Waals surface area contributed by atoms with E-state index in [4.69, 9.17) is 0 Å². The van der Waals surface area contributed by atoms with Crippen LogP contribution in [0.2, 0.25) is 0 Å². The lowest BCUT2D eigenvalue weighted by molar-refractivity contribution is 0.590. The predicted octanol–water partition coefficient (Wildman–Crippen LogP) is 1.99. The van der Waals surface area contributed by atoms with Gasteiger partial charge in [-0.2, -0.15) is 0 Å². The molecule has 0 bridgehead atoms. The van der Waals surface area contributed by atoms with Crippen LogP contribution < -0.4 is 9.11 Å². The Balaban J connectivity index is 2.10. The molecule has 1 aromatic carbocycles. The second-order valence-electron chi connectivity index (χ2n) is 5.64. The molecule has 1 atom stereocenters. The van der Waals surface area contributed by atoms with Crippen LogP contribution in [0, 0.1) is 0 Å². The summed E-state index contributed by atoms with van der Waals surface area (Å²) in [4.78, 5) is 5.20. The van der Waals surface area contributed by atoms with Crippen molar-refractivity contribution >= 4 is 27.0 Å². The van der Waals surface area contributed by atoms with Crippen LogP contribution in [0.25, 0.3) is 11.3 Å². The highest BCUT2D eigenvalue weighted by molar-refractivity contribution is 7.92. The average Bonchev–Trinajstić information content (AvgIpc) is 2.96. The molecule has 0 spiro atoms. The van der Waals surface area contributed by atoms with Gasteiger partial charge >= 0.3 is 0 Å². The van der Waals surface area contributed by atoms with Gasteiger partial charge in [-0.15, -0.1) is 11.3 Å². The van der Waals surface area contributed by atoms with Gasteiger partial charge in [-0.1, -0.05) is 6.07 Å². The number of fused-ring (bicyclic) bond motifs is 1. The summed E-state index contributed by atoms with van der Waals surface area (Å²) in [6, 6.07) is 5.96. The first kappa shape index (κ1) is 15.3. The minimum absolute atomic E-state index is 0.0299. The van der Waals surface area contributed by atoms with Crippen molar-refractivity contribution in [1.29, 1.82) is 0 Å². The van der Waals surface area contributed by atoms with E-state index in [0.29, 0.717) is 0 Å². The van der Waals surface area contributed by atoms with Crippen LogP contribution in [0.4, 0.5) is 5.69 Å². The number of sulfonamides is 1. The van der Waals surface area contributed by atoms with Crippen LogP contribution in [0.1, 0.15) is 12.5 Å². The highest BCUT2D eigenvalue weighted by atomic mass is 32.2. The third-order valence-electron chi connectivity index (χ3n) is 4.00. The lowest BCUT2D eigenvalue weighted by atomic mass is 10.1. The van der Waals surface area contributed by atoms with E-state index in [1.54, 1.807) is 18.4 Å². The first-order chi connectivity index (χ1) is 10.3. The number of anilines is 1. The Hall–Kier alpha value is -1.60. The van der Waals surface area contributed by atoms with Gasteiger partial charge < -0.3 is 4.57 Å². The molecule has 7 heteroatoms. The summed E-state index contributed by atoms with van der Waals surface area (Å²) in [6.07, 6.45) is 2.01. The van der Waals surface area contributed by atoms with Crippen molar-refractivity contribution in [2.24, 2.45) is 12.0 Å². The fourth-order valence-corrected chi connectivity index (χ4v) is 5.24. The van der Waals surface area contributed by atoms with Crippen molar-refractivity contribution in [2.75, 3.05) is 17.6 Å². The number of hydrogen-bond acceptors (Lipinski definition) is 4. The van der Waals surface area contributed by atoms with Crippen LogP contribution in [0.3, 0.4) is 0 Å². The Morgan fingerprint density at radius 3 is 2.68 bits per heavy atom. The van der Waals surface area contributed by atoms with Crippen molar-refractivity contribution in [3.05, 3.63) is 33.9 Å². The molecule has 0 saturated carbocycles. The van der Waals surface area contributed by atoms with Gasteiger partial charge in [-0.25, -0.2) is 8.42 Å². The summed E-state index contributed by atoms with van der Waals surface area (Å²) >= 11 is 1.60. The van der Waals surface area contributed by atoms with Crippen molar-refractivity contribution < 1.29 is 8.42 Å². The topological polar surface area (TPSA) is 54.7 Å². The van der Waals surface area contributed by atoms with E-state index in [1.807, 2.05) is 26.1 Å². The first-order valence-corrected chi connectivity index (χ1v) is 9.75. The molecule has 0 fully saturated rings. The van der Waals surface area contributed by atoms with Gasteiger partial charge in [-0.3, -0.25) is 9.30 Å². The lowest BCUT2D eigenvalue weighted by Crippen LogP contribution is -2.34. The summed E-state index contributed by atoms with van der Waals surface area (Å²) in [5.41, 5.74) is 4.07. The smallest absolute Gasteiger partial charge is 0.232 e. The summed E-state index contributed by atoms with van der Waals surface area (Å²) < 4.78 is 27.5. The van der Waals surface area contributed by atoms with E-state index in [9.17, 15) is 8.42 Å². The average molecular weight is 337 g/mol. The van der Waals surface area contributed by atoms with Crippen molar-refractivity contribution in [1.82, 2.24) is 4.57 Å². The summed E-state index contributed by atoms with van der Waals surface area (Å²) in [6.45, 7) is 1.94. The maximum Gasteiger partial charge on any atom is 0.232 e. The van der Waals surface area contributed by atoms with E-state index in [-0.39, 0.29) is 6.04 Å². The zero-order valence-electron chi connectivity index (χ0n) is 13.1. The monoisotopic (exact) mass is 337 g/mol. The molecule has 0 amide bonds. The fourth-order valence-electron chi connectivity index (χ4n) is 3.10. The standard InChI is InChI=1S/C15H19N3O2S2/c1-10-7-12-8-11(14-9-21-15(16-2)17(14)3)5-6-13(12)18(10)22(4,19)20/h5-6,8-10H,7H2,1-4H3. The Morgan fingerprint density at radius 1 is 1.36 bits per heavy atom. The van der Waals surface area contributed by atoms with Gasteiger partial charge in [0.1, 0.15) is 0 Å². The largest absolute Gasteiger partial charge is 0.320 e. The quantitative estimate of drug-likeness (QED) is 0.841. The molecular weight excluding hydrogens is 318 g/mol. The Morgan fingerprint density at radius 2 is 2.09 bits per heavy atom. The molecule has 22 heavy (non-hydrogen) atoms. The Kier molecular flexibility index (Phi) is 3.65. The summed E-state index contributed by atoms with van der Waals surface area (Å²) in [5.74, 6) is 0. The predicted molar refractivity (Wildman–Crippen MR) is 90.7 cm³/mol. The van der Waals surface area contributed by atoms with Gasteiger partial charge in [0.2, 0.25) is 10.0 Å². The van der Waals surface area contributed by atoms with Gasteiger partial charge in [0.05, 0.1) is 17.6 Å². The first-order valence-electron chi connectivity index (χ1n) is 7.03. The minimum Gasteiger partial charge on any atom is -0.320 e. The Bertz CT molecular complexity index is 894. The molecule has 1 aromatic heterocycles. The highest BCUT2D eigenvalue weighted by Gasteiger charge is 2.32. The number of thiazole rings is 1. The molecule has 118 valence electrons. The van der Waals surface area contributed by atoms with Gasteiger partial charge in [0, 0.05) is 25.5 Å². The number of rotatable bonds is 2. The zero-order chi connectivity index (χ0) is 16.1. The van der Waals surface area contributed by atoms with E-state index in [0.717, 1.165) is 33.7 Å². The molecule has 2 heterocycles. The van der Waals surface area contributed by atoms with Crippen LogP contribution in [0.5, 0.6) is 0 Å². The molecule has 0 saturated heterocycles. The minimum atomic E-state index is -3.24. The van der Waals surface area contributed by atoms with Crippen molar-refractivity contribution in [2.45, 2.75) is 19.4 Å². The normalized spacial score (nSPS) is 18.8. The molecular formula is C15H19N3O2S2. The maximum atomic E-state index is 12.0. The molecule has 2 aromatic rings. The van der Waals surface area contributed by atoms with Crippen molar-refractivity contribution in [3.63, 3.8) is 0 Å². The molecule has 1 aliphatic heterocycles. The van der Waals surface area contributed by atoms with E-state index in [2.05, 4.69) is 21.0 Å². The number of benzene rings is 1. The molecule has 0 radical (unpaired) electrons. The van der Waals surface area contributed by atoms with Crippen LogP contribution >= 0.6 is 11.3 Å². The summed E-state index contributed by atoms with van der Waals surface area (Å²) in [5, 5.41) is 2.08. The summed E-state index contributed by atoms with van der Waals surface area (Å²) in [7, 11) is 0.539. The van der Waals surface area contributed by atoms with E-state index < -0.39 is 10.0 Å². The number of nitrogens with zero attached hydrogens (tertiary/aromatic N) is 3. The van der Waals surface area contributed by atoms with Gasteiger partial charge in [0.25, 0.3) is 0 Å². The van der Waals surface area contributed by atoms with Crippen molar-refractivity contribution in [3.8, 4) is 11.3 Å².